The molecule has 1 aliphatic rings. The van der Waals surface area contributed by atoms with Gasteiger partial charge in [0.2, 0.25) is 0 Å². The van der Waals surface area contributed by atoms with Crippen LogP contribution in [0.4, 0.5) is 5.69 Å². The number of pyridine rings is 1. The number of aromatic nitrogens is 1. The number of carbonyl (C=O) groups is 1. The monoisotopic (exact) mass is 233 g/mol. The average Bonchev–Trinajstić information content (AvgIpc) is 2.39. The highest BCUT2D eigenvalue weighted by Crippen LogP contribution is 2.20. The van der Waals surface area contributed by atoms with Crippen molar-refractivity contribution in [2.24, 2.45) is 5.92 Å². The molecule has 0 unspecified atom stereocenters. The van der Waals surface area contributed by atoms with E-state index in [-0.39, 0.29) is 5.91 Å². The molecule has 0 bridgehead atoms. The summed E-state index contributed by atoms with van der Waals surface area (Å²) in [6.07, 6.45) is 5.54. The second-order valence-corrected chi connectivity index (χ2v) is 4.65. The highest BCUT2D eigenvalue weighted by molar-refractivity contribution is 5.99. The molecular formula is C13H19N3O. The van der Waals surface area contributed by atoms with Crippen LogP contribution in [0.3, 0.4) is 0 Å². The molecule has 2 heterocycles. The van der Waals surface area contributed by atoms with Crippen LogP contribution in [0.5, 0.6) is 0 Å². The first kappa shape index (κ1) is 11.9. The second-order valence-electron chi connectivity index (χ2n) is 4.65. The summed E-state index contributed by atoms with van der Waals surface area (Å²) in [5, 5.41) is 3.04. The Hall–Kier alpha value is -1.58. The van der Waals surface area contributed by atoms with Crippen molar-refractivity contribution in [1.29, 1.82) is 0 Å². The van der Waals surface area contributed by atoms with Gasteiger partial charge in [0, 0.05) is 38.2 Å². The van der Waals surface area contributed by atoms with E-state index in [1.54, 1.807) is 12.4 Å². The third-order valence-electron chi connectivity index (χ3n) is 3.39. The van der Waals surface area contributed by atoms with Gasteiger partial charge in [0.25, 0.3) is 5.91 Å². The van der Waals surface area contributed by atoms with Crippen molar-refractivity contribution in [1.82, 2.24) is 9.88 Å². The minimum atomic E-state index is 0.0920. The summed E-state index contributed by atoms with van der Waals surface area (Å²) in [4.78, 5) is 18.3. The van der Waals surface area contributed by atoms with Crippen molar-refractivity contribution in [2.45, 2.75) is 19.8 Å². The van der Waals surface area contributed by atoms with E-state index in [0.717, 1.165) is 37.5 Å². The fourth-order valence-electron chi connectivity index (χ4n) is 2.16. The molecule has 1 aromatic rings. The number of anilines is 1. The molecule has 0 saturated carbocycles. The summed E-state index contributed by atoms with van der Waals surface area (Å²) in [5.41, 5.74) is 1.52. The number of likely N-dealkylation sites (tertiary alicyclic amines) is 1. The molecule has 0 spiro atoms. The normalized spacial score (nSPS) is 16.9. The lowest BCUT2D eigenvalue weighted by atomic mass is 9.98. The number of rotatable bonds is 2. The standard InChI is InChI=1S/C13H19N3O/c1-10-4-7-16(8-5-10)13(17)11-9-15-6-3-12(11)14-2/h3,6,9-10H,4-5,7-8H2,1-2H3,(H,14,15). The lowest BCUT2D eigenvalue weighted by molar-refractivity contribution is 0.0698. The molecule has 4 nitrogen and oxygen atoms in total. The molecule has 1 N–H and O–H groups in total. The van der Waals surface area contributed by atoms with Gasteiger partial charge >= 0.3 is 0 Å². The molecule has 1 amide bonds. The first-order valence-corrected chi connectivity index (χ1v) is 6.13. The predicted molar refractivity (Wildman–Crippen MR) is 68.1 cm³/mol. The maximum absolute atomic E-state index is 12.3. The summed E-state index contributed by atoms with van der Waals surface area (Å²) < 4.78 is 0. The van der Waals surface area contributed by atoms with Gasteiger partial charge in [-0.15, -0.1) is 0 Å². The van der Waals surface area contributed by atoms with E-state index in [2.05, 4.69) is 17.2 Å². The van der Waals surface area contributed by atoms with Crippen LogP contribution < -0.4 is 5.32 Å². The van der Waals surface area contributed by atoms with Gasteiger partial charge in [-0.1, -0.05) is 6.92 Å². The number of amides is 1. The zero-order valence-corrected chi connectivity index (χ0v) is 10.4. The minimum absolute atomic E-state index is 0.0920. The zero-order valence-electron chi connectivity index (χ0n) is 10.4. The van der Waals surface area contributed by atoms with Gasteiger partial charge in [0.15, 0.2) is 0 Å². The van der Waals surface area contributed by atoms with Crippen molar-refractivity contribution in [3.63, 3.8) is 0 Å². The van der Waals surface area contributed by atoms with E-state index in [1.807, 2.05) is 18.0 Å². The van der Waals surface area contributed by atoms with Crippen molar-refractivity contribution >= 4 is 11.6 Å². The first-order chi connectivity index (χ1) is 8.22. The molecule has 2 rings (SSSR count). The molecule has 92 valence electrons. The Labute approximate surface area is 102 Å². The average molecular weight is 233 g/mol. The molecule has 0 atom stereocenters. The van der Waals surface area contributed by atoms with E-state index in [1.165, 1.54) is 0 Å². The number of hydrogen-bond donors (Lipinski definition) is 1. The van der Waals surface area contributed by atoms with E-state index in [4.69, 9.17) is 0 Å². The van der Waals surface area contributed by atoms with Gasteiger partial charge in [0.05, 0.1) is 5.56 Å². The first-order valence-electron chi connectivity index (χ1n) is 6.13. The quantitative estimate of drug-likeness (QED) is 0.849. The third kappa shape index (κ3) is 2.57. The second kappa shape index (κ2) is 5.17. The molecule has 4 heteroatoms. The van der Waals surface area contributed by atoms with Crippen molar-refractivity contribution < 1.29 is 4.79 Å². The van der Waals surface area contributed by atoms with Crippen molar-refractivity contribution in [3.05, 3.63) is 24.0 Å². The maximum Gasteiger partial charge on any atom is 0.257 e. The zero-order chi connectivity index (χ0) is 12.3. The lowest BCUT2D eigenvalue weighted by Crippen LogP contribution is -2.38. The molecule has 0 aliphatic carbocycles. The summed E-state index contributed by atoms with van der Waals surface area (Å²) in [5.74, 6) is 0.825. The summed E-state index contributed by atoms with van der Waals surface area (Å²) in [6, 6.07) is 1.83. The van der Waals surface area contributed by atoms with Crippen LogP contribution in [0.25, 0.3) is 0 Å². The number of nitrogens with zero attached hydrogens (tertiary/aromatic N) is 2. The molecular weight excluding hydrogens is 214 g/mol. The van der Waals surface area contributed by atoms with Gasteiger partial charge in [-0.2, -0.15) is 0 Å². The van der Waals surface area contributed by atoms with E-state index >= 15 is 0 Å². The van der Waals surface area contributed by atoms with Crippen LogP contribution in [0, 0.1) is 5.92 Å². The Morgan fingerprint density at radius 1 is 1.47 bits per heavy atom. The fourth-order valence-corrected chi connectivity index (χ4v) is 2.16. The van der Waals surface area contributed by atoms with Crippen LogP contribution >= 0.6 is 0 Å². The number of carbonyl (C=O) groups excluding carboxylic acids is 1. The summed E-state index contributed by atoms with van der Waals surface area (Å²) in [7, 11) is 1.82. The Morgan fingerprint density at radius 2 is 2.18 bits per heavy atom. The Bertz CT molecular complexity index is 397. The van der Waals surface area contributed by atoms with Crippen LogP contribution in [0.2, 0.25) is 0 Å². The molecule has 17 heavy (non-hydrogen) atoms. The summed E-state index contributed by atoms with van der Waals surface area (Å²) in [6.45, 7) is 3.96. The molecule has 1 fully saturated rings. The number of piperidine rings is 1. The molecule has 0 aromatic carbocycles. The van der Waals surface area contributed by atoms with Crippen molar-refractivity contribution in [2.75, 3.05) is 25.5 Å². The van der Waals surface area contributed by atoms with E-state index in [0.29, 0.717) is 5.56 Å². The number of nitrogens with one attached hydrogen (secondary N) is 1. The predicted octanol–water partition coefficient (Wildman–Crippen LogP) is 2.00. The van der Waals surface area contributed by atoms with Gasteiger partial charge < -0.3 is 10.2 Å². The van der Waals surface area contributed by atoms with Crippen LogP contribution in [-0.4, -0.2) is 35.9 Å². The molecule has 1 aliphatic heterocycles. The van der Waals surface area contributed by atoms with Gasteiger partial charge in [-0.05, 0) is 24.8 Å². The van der Waals surface area contributed by atoms with Crippen LogP contribution in [0.15, 0.2) is 18.5 Å². The smallest absolute Gasteiger partial charge is 0.257 e. The molecule has 1 aromatic heterocycles. The van der Waals surface area contributed by atoms with Gasteiger partial charge in [-0.3, -0.25) is 9.78 Å². The molecule has 0 radical (unpaired) electrons. The fraction of sp³-hybridized carbons (Fsp3) is 0.538. The summed E-state index contributed by atoms with van der Waals surface area (Å²) >= 11 is 0. The number of hydrogen-bond acceptors (Lipinski definition) is 3. The minimum Gasteiger partial charge on any atom is -0.387 e. The highest BCUT2D eigenvalue weighted by Gasteiger charge is 2.23. The van der Waals surface area contributed by atoms with Crippen molar-refractivity contribution in [3.8, 4) is 0 Å². The lowest BCUT2D eigenvalue weighted by Gasteiger charge is -2.30. The third-order valence-corrected chi connectivity index (χ3v) is 3.39. The Balaban J connectivity index is 2.14. The van der Waals surface area contributed by atoms with Gasteiger partial charge in [0.1, 0.15) is 0 Å². The Kier molecular flexibility index (Phi) is 3.61. The van der Waals surface area contributed by atoms with Crippen LogP contribution in [0.1, 0.15) is 30.1 Å². The highest BCUT2D eigenvalue weighted by atomic mass is 16.2. The van der Waals surface area contributed by atoms with Crippen LogP contribution in [-0.2, 0) is 0 Å². The molecule has 1 saturated heterocycles. The largest absolute Gasteiger partial charge is 0.387 e. The van der Waals surface area contributed by atoms with E-state index in [9.17, 15) is 4.79 Å². The maximum atomic E-state index is 12.3. The SMILES string of the molecule is CNc1ccncc1C(=O)N1CCC(C)CC1. The topological polar surface area (TPSA) is 45.2 Å². The van der Waals surface area contributed by atoms with Gasteiger partial charge in [-0.25, -0.2) is 0 Å². The Morgan fingerprint density at radius 3 is 2.82 bits per heavy atom. The van der Waals surface area contributed by atoms with E-state index < -0.39 is 0 Å².